The molecule has 0 spiro atoms. The van der Waals surface area contributed by atoms with E-state index >= 15 is 0 Å². The Kier molecular flexibility index (Phi) is 6.85. The third-order valence-corrected chi connectivity index (χ3v) is 5.28. The summed E-state index contributed by atoms with van der Waals surface area (Å²) in [5.41, 5.74) is 0.0984. The van der Waals surface area contributed by atoms with Crippen molar-refractivity contribution in [3.05, 3.63) is 84.2 Å². The molecule has 0 radical (unpaired) electrons. The fourth-order valence-electron chi connectivity index (χ4n) is 3.49. The Morgan fingerprint density at radius 3 is 2.49 bits per heavy atom. The molecule has 0 unspecified atom stereocenters. The minimum atomic E-state index is -4.48. The monoisotopic (exact) mass is 484 g/mol. The standard InChI is InChI=1S/C24H20F4N6O/c1-2-33(23(35)19-15-17(25)4-5-18(19)22-30-8-3-9-31-22)12-13-34-11-7-20(32-34)21-14-16(6-10-29-21)24(26,27)28/h3-11,14-15H,2,12-13H2,1H3. The Balaban J connectivity index is 1.51. The third kappa shape index (κ3) is 5.51. The number of hydrogen-bond donors (Lipinski definition) is 0. The molecular formula is C24H20F4N6O. The lowest BCUT2D eigenvalue weighted by molar-refractivity contribution is -0.137. The lowest BCUT2D eigenvalue weighted by Crippen LogP contribution is -2.34. The molecule has 0 aliphatic rings. The van der Waals surface area contributed by atoms with Crippen molar-refractivity contribution < 1.29 is 22.4 Å². The average molecular weight is 484 g/mol. The number of alkyl halides is 3. The molecule has 0 aliphatic carbocycles. The van der Waals surface area contributed by atoms with Crippen molar-refractivity contribution in [1.82, 2.24) is 29.6 Å². The van der Waals surface area contributed by atoms with E-state index in [1.54, 1.807) is 25.3 Å². The summed E-state index contributed by atoms with van der Waals surface area (Å²) < 4.78 is 54.5. The smallest absolute Gasteiger partial charge is 0.337 e. The summed E-state index contributed by atoms with van der Waals surface area (Å²) in [6.45, 7) is 2.63. The van der Waals surface area contributed by atoms with Crippen molar-refractivity contribution in [2.45, 2.75) is 19.6 Å². The fourth-order valence-corrected chi connectivity index (χ4v) is 3.49. The van der Waals surface area contributed by atoms with Gasteiger partial charge in [-0.2, -0.15) is 18.3 Å². The second kappa shape index (κ2) is 10.00. The topological polar surface area (TPSA) is 76.8 Å². The van der Waals surface area contributed by atoms with Crippen molar-refractivity contribution in [3.63, 3.8) is 0 Å². The van der Waals surface area contributed by atoms with Gasteiger partial charge < -0.3 is 4.90 Å². The molecular weight excluding hydrogens is 464 g/mol. The molecule has 35 heavy (non-hydrogen) atoms. The Bertz CT molecular complexity index is 1320. The van der Waals surface area contributed by atoms with Gasteiger partial charge in [-0.1, -0.05) is 0 Å². The predicted molar refractivity (Wildman–Crippen MR) is 119 cm³/mol. The van der Waals surface area contributed by atoms with Crippen molar-refractivity contribution in [3.8, 4) is 22.8 Å². The van der Waals surface area contributed by atoms with E-state index in [9.17, 15) is 22.4 Å². The minimum absolute atomic E-state index is 0.0919. The van der Waals surface area contributed by atoms with Gasteiger partial charge in [0.2, 0.25) is 0 Å². The van der Waals surface area contributed by atoms with Crippen molar-refractivity contribution >= 4 is 5.91 Å². The number of halogens is 4. The van der Waals surface area contributed by atoms with E-state index in [1.807, 2.05) is 0 Å². The SMILES string of the molecule is CCN(CCn1ccc(-c2cc(C(F)(F)F)ccn2)n1)C(=O)c1cc(F)ccc1-c1ncccn1. The molecule has 0 atom stereocenters. The first-order chi connectivity index (χ1) is 16.8. The molecule has 4 rings (SSSR count). The minimum Gasteiger partial charge on any atom is -0.337 e. The van der Waals surface area contributed by atoms with Gasteiger partial charge >= 0.3 is 6.18 Å². The Hall–Kier alpha value is -4.15. The zero-order chi connectivity index (χ0) is 25.0. The zero-order valence-electron chi connectivity index (χ0n) is 18.6. The maximum Gasteiger partial charge on any atom is 0.416 e. The molecule has 0 aliphatic heterocycles. The van der Waals surface area contributed by atoms with Crippen LogP contribution in [0.4, 0.5) is 17.6 Å². The molecule has 3 heterocycles. The van der Waals surface area contributed by atoms with Gasteiger partial charge in [0.15, 0.2) is 5.82 Å². The van der Waals surface area contributed by atoms with E-state index in [0.29, 0.717) is 17.9 Å². The van der Waals surface area contributed by atoms with Crippen LogP contribution in [0.15, 0.2) is 67.3 Å². The first-order valence-corrected chi connectivity index (χ1v) is 10.7. The molecule has 0 bridgehead atoms. The van der Waals surface area contributed by atoms with Crippen LogP contribution in [0, 0.1) is 5.82 Å². The van der Waals surface area contributed by atoms with Crippen LogP contribution in [-0.4, -0.2) is 48.6 Å². The highest BCUT2D eigenvalue weighted by Crippen LogP contribution is 2.30. The van der Waals surface area contributed by atoms with E-state index in [-0.39, 0.29) is 30.0 Å². The van der Waals surface area contributed by atoms with Crippen molar-refractivity contribution in [2.75, 3.05) is 13.1 Å². The largest absolute Gasteiger partial charge is 0.416 e. The van der Waals surface area contributed by atoms with E-state index in [2.05, 4.69) is 20.1 Å². The van der Waals surface area contributed by atoms with Crippen LogP contribution in [0.3, 0.4) is 0 Å². The lowest BCUT2D eigenvalue weighted by Gasteiger charge is -2.22. The molecule has 0 saturated heterocycles. The Morgan fingerprint density at radius 1 is 1.00 bits per heavy atom. The summed E-state index contributed by atoms with van der Waals surface area (Å²) in [4.78, 5) is 27.1. The number of rotatable bonds is 7. The Morgan fingerprint density at radius 2 is 1.77 bits per heavy atom. The van der Waals surface area contributed by atoms with Gasteiger partial charge in [0.25, 0.3) is 5.91 Å². The summed E-state index contributed by atoms with van der Waals surface area (Å²) in [6.07, 6.45) is 1.27. The quantitative estimate of drug-likeness (QED) is 0.355. The molecule has 4 aromatic rings. The van der Waals surface area contributed by atoms with Crippen molar-refractivity contribution in [2.24, 2.45) is 0 Å². The van der Waals surface area contributed by atoms with Gasteiger partial charge in [-0.25, -0.2) is 14.4 Å². The second-order valence-corrected chi connectivity index (χ2v) is 7.54. The first-order valence-electron chi connectivity index (χ1n) is 10.7. The molecule has 11 heteroatoms. The number of benzene rings is 1. The van der Waals surface area contributed by atoms with Crippen LogP contribution < -0.4 is 0 Å². The number of aromatic nitrogens is 5. The number of carbonyl (C=O) groups is 1. The fraction of sp³-hybridized carbons (Fsp3) is 0.208. The molecule has 0 N–H and O–H groups in total. The van der Waals surface area contributed by atoms with Crippen LogP contribution in [-0.2, 0) is 12.7 Å². The highest BCUT2D eigenvalue weighted by molar-refractivity contribution is 6.00. The third-order valence-electron chi connectivity index (χ3n) is 5.28. The highest BCUT2D eigenvalue weighted by atomic mass is 19.4. The van der Waals surface area contributed by atoms with Gasteiger partial charge in [0.1, 0.15) is 11.5 Å². The molecule has 7 nitrogen and oxygen atoms in total. The lowest BCUT2D eigenvalue weighted by atomic mass is 10.0. The van der Waals surface area contributed by atoms with Gasteiger partial charge in [0.05, 0.1) is 23.4 Å². The van der Waals surface area contributed by atoms with Crippen LogP contribution in [0.5, 0.6) is 0 Å². The summed E-state index contributed by atoms with van der Waals surface area (Å²) in [7, 11) is 0. The van der Waals surface area contributed by atoms with Gasteiger partial charge in [0, 0.05) is 43.4 Å². The molecule has 3 aromatic heterocycles. The number of nitrogens with zero attached hydrogens (tertiary/aromatic N) is 6. The maximum atomic E-state index is 14.0. The summed E-state index contributed by atoms with van der Waals surface area (Å²) in [6, 6.07) is 8.89. The summed E-state index contributed by atoms with van der Waals surface area (Å²) in [5.74, 6) is -0.659. The zero-order valence-corrected chi connectivity index (χ0v) is 18.6. The first kappa shape index (κ1) is 24.0. The summed E-state index contributed by atoms with van der Waals surface area (Å²) >= 11 is 0. The van der Waals surface area contributed by atoms with E-state index in [4.69, 9.17) is 0 Å². The number of pyridine rings is 1. The summed E-state index contributed by atoms with van der Waals surface area (Å²) in [5, 5.41) is 4.29. The highest BCUT2D eigenvalue weighted by Gasteiger charge is 2.31. The van der Waals surface area contributed by atoms with Crippen LogP contribution in [0.1, 0.15) is 22.8 Å². The molecule has 180 valence electrons. The molecule has 0 fully saturated rings. The van der Waals surface area contributed by atoms with Crippen LogP contribution in [0.2, 0.25) is 0 Å². The average Bonchev–Trinajstić information content (AvgIpc) is 3.33. The van der Waals surface area contributed by atoms with E-state index in [0.717, 1.165) is 24.4 Å². The van der Waals surface area contributed by atoms with Crippen molar-refractivity contribution in [1.29, 1.82) is 0 Å². The Labute approximate surface area is 198 Å². The van der Waals surface area contributed by atoms with Gasteiger partial charge in [-0.15, -0.1) is 0 Å². The molecule has 1 amide bonds. The predicted octanol–water partition coefficient (Wildman–Crippen LogP) is 4.72. The number of carbonyl (C=O) groups excluding carboxylic acids is 1. The van der Waals surface area contributed by atoms with E-state index < -0.39 is 23.5 Å². The number of amides is 1. The number of likely N-dealkylation sites (N-methyl/N-ethyl adjacent to an activating group) is 1. The maximum absolute atomic E-state index is 14.0. The normalized spacial score (nSPS) is 11.5. The number of hydrogen-bond acceptors (Lipinski definition) is 5. The van der Waals surface area contributed by atoms with Crippen LogP contribution >= 0.6 is 0 Å². The van der Waals surface area contributed by atoms with Gasteiger partial charge in [-0.05, 0) is 49.4 Å². The molecule has 1 aromatic carbocycles. The molecule has 0 saturated carbocycles. The van der Waals surface area contributed by atoms with Crippen LogP contribution in [0.25, 0.3) is 22.8 Å². The van der Waals surface area contributed by atoms with Gasteiger partial charge in [-0.3, -0.25) is 14.5 Å². The second-order valence-electron chi connectivity index (χ2n) is 7.54. The van der Waals surface area contributed by atoms with E-state index in [1.165, 1.54) is 34.1 Å².